The maximum Gasteiger partial charge on any atom is 0.226 e. The lowest BCUT2D eigenvalue weighted by Gasteiger charge is -2.36. The van der Waals surface area contributed by atoms with Gasteiger partial charge >= 0.3 is 0 Å². The third-order valence-electron chi connectivity index (χ3n) is 7.42. The van der Waals surface area contributed by atoms with Gasteiger partial charge in [0.15, 0.2) is 0 Å². The van der Waals surface area contributed by atoms with Crippen LogP contribution in [0.4, 0.5) is 11.5 Å². The molecule has 4 rings (SSSR count). The molecular formula is C30H45N5O. The van der Waals surface area contributed by atoms with Crippen LogP contribution in [0.2, 0.25) is 0 Å². The molecule has 1 aromatic heterocycles. The van der Waals surface area contributed by atoms with E-state index >= 15 is 0 Å². The van der Waals surface area contributed by atoms with Crippen molar-refractivity contribution in [3.05, 3.63) is 47.4 Å². The highest BCUT2D eigenvalue weighted by molar-refractivity contribution is 5.94. The van der Waals surface area contributed by atoms with E-state index in [1.165, 1.54) is 12.0 Å². The van der Waals surface area contributed by atoms with Gasteiger partial charge in [-0.3, -0.25) is 9.69 Å². The van der Waals surface area contributed by atoms with Gasteiger partial charge in [-0.15, -0.1) is 0 Å². The molecule has 2 aliphatic heterocycles. The first-order chi connectivity index (χ1) is 17.3. The van der Waals surface area contributed by atoms with Gasteiger partial charge in [0.2, 0.25) is 5.91 Å². The van der Waals surface area contributed by atoms with E-state index in [9.17, 15) is 4.79 Å². The molecule has 0 aliphatic carbocycles. The molecule has 0 N–H and O–H groups in total. The van der Waals surface area contributed by atoms with Crippen LogP contribution in [0.3, 0.4) is 0 Å². The van der Waals surface area contributed by atoms with Gasteiger partial charge in [0, 0.05) is 62.0 Å². The first-order valence-corrected chi connectivity index (χ1v) is 14.1. The molecule has 2 aliphatic rings. The monoisotopic (exact) mass is 491 g/mol. The Balaban J connectivity index is 1.24. The van der Waals surface area contributed by atoms with Crippen LogP contribution < -0.4 is 9.80 Å². The standard InChI is InChI=1S/C30H45N5O/c1-5-12-25-23-27(32-29(31-25)30(2,3)4)34-21-19-33(20-22-34)17-10-9-16-28(36)35-18-11-8-14-24-13-6-7-15-26(24)35/h6-7,13,15,23H,5,8-12,14,16-22H2,1-4H3. The fourth-order valence-corrected chi connectivity index (χ4v) is 5.26. The molecule has 6 nitrogen and oxygen atoms in total. The molecule has 1 fully saturated rings. The summed E-state index contributed by atoms with van der Waals surface area (Å²) < 4.78 is 0. The van der Waals surface area contributed by atoms with E-state index in [2.05, 4.69) is 67.8 Å². The summed E-state index contributed by atoms with van der Waals surface area (Å²) in [6.45, 7) is 14.8. The Bertz CT molecular complexity index is 1010. The lowest BCUT2D eigenvalue weighted by Crippen LogP contribution is -2.47. The van der Waals surface area contributed by atoms with Crippen molar-refractivity contribution < 1.29 is 4.79 Å². The number of carbonyl (C=O) groups is 1. The molecule has 36 heavy (non-hydrogen) atoms. The van der Waals surface area contributed by atoms with Crippen molar-refractivity contribution in [2.45, 2.75) is 84.5 Å². The number of hydrogen-bond donors (Lipinski definition) is 0. The third-order valence-corrected chi connectivity index (χ3v) is 7.42. The molecular weight excluding hydrogens is 446 g/mol. The lowest BCUT2D eigenvalue weighted by molar-refractivity contribution is -0.118. The van der Waals surface area contributed by atoms with Crippen molar-refractivity contribution >= 4 is 17.4 Å². The van der Waals surface area contributed by atoms with Crippen LogP contribution in [0.15, 0.2) is 30.3 Å². The Morgan fingerprint density at radius 2 is 1.75 bits per heavy atom. The zero-order chi connectivity index (χ0) is 25.5. The number of rotatable bonds is 8. The predicted molar refractivity (Wildman–Crippen MR) is 149 cm³/mol. The van der Waals surface area contributed by atoms with E-state index in [4.69, 9.17) is 9.97 Å². The van der Waals surface area contributed by atoms with E-state index in [0.29, 0.717) is 6.42 Å². The quantitative estimate of drug-likeness (QED) is 0.464. The fourth-order valence-electron chi connectivity index (χ4n) is 5.26. The molecule has 196 valence electrons. The Morgan fingerprint density at radius 1 is 0.972 bits per heavy atom. The molecule has 0 spiro atoms. The number of benzene rings is 1. The SMILES string of the molecule is CCCc1cc(N2CCN(CCCCC(=O)N3CCCCc4ccccc43)CC2)nc(C(C)(C)C)n1. The summed E-state index contributed by atoms with van der Waals surface area (Å²) in [4.78, 5) is 29.8. The summed E-state index contributed by atoms with van der Waals surface area (Å²) in [5.74, 6) is 2.32. The molecule has 1 saturated heterocycles. The van der Waals surface area contributed by atoms with E-state index in [1.54, 1.807) is 0 Å². The number of para-hydroxylation sites is 1. The van der Waals surface area contributed by atoms with Crippen LogP contribution >= 0.6 is 0 Å². The number of amides is 1. The number of nitrogens with zero attached hydrogens (tertiary/aromatic N) is 5. The number of hydrogen-bond acceptors (Lipinski definition) is 5. The highest BCUT2D eigenvalue weighted by atomic mass is 16.2. The molecule has 6 heteroatoms. The zero-order valence-electron chi connectivity index (χ0n) is 22.9. The summed E-state index contributed by atoms with van der Waals surface area (Å²) >= 11 is 0. The maximum atomic E-state index is 13.0. The highest BCUT2D eigenvalue weighted by Gasteiger charge is 2.24. The van der Waals surface area contributed by atoms with Gasteiger partial charge in [0.1, 0.15) is 11.6 Å². The van der Waals surface area contributed by atoms with Crippen molar-refractivity contribution in [3.63, 3.8) is 0 Å². The lowest BCUT2D eigenvalue weighted by atomic mass is 9.95. The zero-order valence-corrected chi connectivity index (χ0v) is 22.9. The Hall–Kier alpha value is -2.47. The van der Waals surface area contributed by atoms with Gasteiger partial charge in [0.05, 0.1) is 0 Å². The minimum atomic E-state index is -0.0485. The third kappa shape index (κ3) is 6.84. The van der Waals surface area contributed by atoms with E-state index in [0.717, 1.165) is 101 Å². The first kappa shape index (κ1) is 26.6. The molecule has 0 bridgehead atoms. The van der Waals surface area contributed by atoms with Gasteiger partial charge < -0.3 is 9.80 Å². The number of aryl methyl sites for hydroxylation is 2. The second kappa shape index (κ2) is 12.2. The molecule has 2 aromatic rings. The molecule has 0 radical (unpaired) electrons. The predicted octanol–water partition coefficient (Wildman–Crippen LogP) is 5.39. The Morgan fingerprint density at radius 3 is 2.50 bits per heavy atom. The largest absolute Gasteiger partial charge is 0.354 e. The number of fused-ring (bicyclic) bond motifs is 1. The summed E-state index contributed by atoms with van der Waals surface area (Å²) in [5, 5.41) is 0. The maximum absolute atomic E-state index is 13.0. The van der Waals surface area contributed by atoms with Gasteiger partial charge in [-0.2, -0.15) is 0 Å². The van der Waals surface area contributed by atoms with Gasteiger partial charge in [-0.25, -0.2) is 9.97 Å². The van der Waals surface area contributed by atoms with Crippen LogP contribution in [-0.2, 0) is 23.1 Å². The minimum Gasteiger partial charge on any atom is -0.354 e. The van der Waals surface area contributed by atoms with Crippen molar-refractivity contribution in [1.29, 1.82) is 0 Å². The summed E-state index contributed by atoms with van der Waals surface area (Å²) in [7, 11) is 0. The van der Waals surface area contributed by atoms with Crippen LogP contribution in [0.5, 0.6) is 0 Å². The first-order valence-electron chi connectivity index (χ1n) is 14.1. The second-order valence-electron chi connectivity index (χ2n) is 11.5. The molecule has 3 heterocycles. The molecule has 0 saturated carbocycles. The van der Waals surface area contributed by atoms with Crippen LogP contribution in [-0.4, -0.2) is 60.0 Å². The normalized spacial score (nSPS) is 17.1. The Kier molecular flexibility index (Phi) is 9.00. The topological polar surface area (TPSA) is 52.6 Å². The molecule has 0 atom stereocenters. The number of aromatic nitrogens is 2. The number of unbranched alkanes of at least 4 members (excludes halogenated alkanes) is 1. The van der Waals surface area contributed by atoms with E-state index in [-0.39, 0.29) is 11.3 Å². The average molecular weight is 492 g/mol. The van der Waals surface area contributed by atoms with Crippen molar-refractivity contribution in [2.75, 3.05) is 49.1 Å². The van der Waals surface area contributed by atoms with Crippen LogP contribution in [0.1, 0.15) is 83.3 Å². The van der Waals surface area contributed by atoms with Crippen LogP contribution in [0.25, 0.3) is 0 Å². The molecule has 0 unspecified atom stereocenters. The van der Waals surface area contributed by atoms with Crippen molar-refractivity contribution in [2.24, 2.45) is 0 Å². The summed E-state index contributed by atoms with van der Waals surface area (Å²) in [6, 6.07) is 10.6. The van der Waals surface area contributed by atoms with Gasteiger partial charge in [0.25, 0.3) is 0 Å². The van der Waals surface area contributed by atoms with Crippen molar-refractivity contribution in [1.82, 2.24) is 14.9 Å². The van der Waals surface area contributed by atoms with Gasteiger partial charge in [-0.05, 0) is 56.7 Å². The fraction of sp³-hybridized carbons (Fsp3) is 0.633. The van der Waals surface area contributed by atoms with E-state index in [1.807, 2.05) is 4.90 Å². The Labute approximate surface area is 218 Å². The summed E-state index contributed by atoms with van der Waals surface area (Å²) in [5.41, 5.74) is 3.57. The second-order valence-corrected chi connectivity index (χ2v) is 11.5. The number of carbonyl (C=O) groups excluding carboxylic acids is 1. The molecule has 1 amide bonds. The number of piperazine rings is 1. The highest BCUT2D eigenvalue weighted by Crippen LogP contribution is 2.27. The molecule has 1 aromatic carbocycles. The van der Waals surface area contributed by atoms with Gasteiger partial charge in [-0.1, -0.05) is 52.3 Å². The summed E-state index contributed by atoms with van der Waals surface area (Å²) in [6.07, 6.45) is 8.11. The smallest absolute Gasteiger partial charge is 0.226 e. The minimum absolute atomic E-state index is 0.0485. The average Bonchev–Trinajstić information content (AvgIpc) is 3.09. The van der Waals surface area contributed by atoms with E-state index < -0.39 is 0 Å². The van der Waals surface area contributed by atoms with Crippen LogP contribution in [0, 0.1) is 0 Å². The van der Waals surface area contributed by atoms with Crippen molar-refractivity contribution in [3.8, 4) is 0 Å². The number of anilines is 2.